The van der Waals surface area contributed by atoms with Gasteiger partial charge in [0.05, 0.1) is 6.10 Å². The molecule has 0 amide bonds. The fourth-order valence-corrected chi connectivity index (χ4v) is 7.11. The van der Waals surface area contributed by atoms with Crippen LogP contribution in [-0.2, 0) is 9.59 Å². The first-order chi connectivity index (χ1) is 11.8. The van der Waals surface area contributed by atoms with Crippen molar-refractivity contribution < 1.29 is 19.8 Å². The summed E-state index contributed by atoms with van der Waals surface area (Å²) in [5.41, 5.74) is 0.888. The average Bonchev–Trinajstić information content (AvgIpc) is 2.91. The molecule has 25 heavy (non-hydrogen) atoms. The zero-order valence-electron chi connectivity index (χ0n) is 15.3. The lowest BCUT2D eigenvalue weighted by Gasteiger charge is -2.56. The van der Waals surface area contributed by atoms with E-state index >= 15 is 0 Å². The van der Waals surface area contributed by atoms with Crippen molar-refractivity contribution in [2.75, 3.05) is 6.61 Å². The Bertz CT molecular complexity index is 638. The van der Waals surface area contributed by atoms with Gasteiger partial charge >= 0.3 is 0 Å². The first-order valence-corrected chi connectivity index (χ1v) is 9.85. The highest BCUT2D eigenvalue weighted by Crippen LogP contribution is 2.65. The third-order valence-electron chi connectivity index (χ3n) is 8.31. The second kappa shape index (κ2) is 5.75. The number of carbonyl (C=O) groups is 2. The Morgan fingerprint density at radius 2 is 2.04 bits per heavy atom. The third kappa shape index (κ3) is 2.33. The van der Waals surface area contributed by atoms with Gasteiger partial charge in [-0.15, -0.1) is 0 Å². The van der Waals surface area contributed by atoms with Crippen LogP contribution in [0.1, 0.15) is 58.8 Å². The lowest BCUT2D eigenvalue weighted by atomic mass is 9.47. The predicted octanol–water partition coefficient (Wildman–Crippen LogP) is 2.67. The topological polar surface area (TPSA) is 74.6 Å². The minimum absolute atomic E-state index is 0.0426. The minimum atomic E-state index is -0.408. The standard InChI is InChI=1S/C21H30O4/c1-20-8-7-13(23)9-12(20)3-4-14-15-5-6-16(18(25)11-22)21(15,2)10-17(24)19(14)20/h3,13-16,19,22-23H,4-11H2,1-2H3/t13-,14-,15-,16+,19+,20-,21-/m0/s1. The monoisotopic (exact) mass is 346 g/mol. The van der Waals surface area contributed by atoms with E-state index in [1.807, 2.05) is 0 Å². The number of ketones is 2. The highest BCUT2D eigenvalue weighted by atomic mass is 16.3. The van der Waals surface area contributed by atoms with Gasteiger partial charge < -0.3 is 10.2 Å². The number of aliphatic hydroxyl groups excluding tert-OH is 2. The molecular formula is C21H30O4. The number of aliphatic hydroxyl groups is 2. The predicted molar refractivity (Wildman–Crippen MR) is 93.7 cm³/mol. The minimum Gasteiger partial charge on any atom is -0.393 e. The normalized spacial score (nSPS) is 49.0. The molecule has 4 aliphatic rings. The summed E-state index contributed by atoms with van der Waals surface area (Å²) in [6.45, 7) is 3.94. The zero-order valence-corrected chi connectivity index (χ0v) is 15.3. The molecule has 2 N–H and O–H groups in total. The first-order valence-electron chi connectivity index (χ1n) is 9.85. The summed E-state index contributed by atoms with van der Waals surface area (Å²) in [7, 11) is 0. The summed E-state index contributed by atoms with van der Waals surface area (Å²) in [5, 5.41) is 19.4. The van der Waals surface area contributed by atoms with Crippen molar-refractivity contribution in [1.29, 1.82) is 0 Å². The summed E-state index contributed by atoms with van der Waals surface area (Å²) < 4.78 is 0. The molecule has 4 nitrogen and oxygen atoms in total. The molecule has 3 saturated carbocycles. The SMILES string of the molecule is C[C@]12CC(=O)[C@H]3[C@@H](CC=C4C[C@@H](O)CC[C@@]43C)[C@@H]1CC[C@@H]2C(=O)CO. The summed E-state index contributed by atoms with van der Waals surface area (Å²) >= 11 is 0. The number of rotatable bonds is 2. The van der Waals surface area contributed by atoms with E-state index in [9.17, 15) is 19.8 Å². The van der Waals surface area contributed by atoms with Crippen LogP contribution in [0.2, 0.25) is 0 Å². The van der Waals surface area contributed by atoms with Crippen molar-refractivity contribution in [2.24, 2.45) is 34.5 Å². The number of fused-ring (bicyclic) bond motifs is 5. The van der Waals surface area contributed by atoms with Crippen molar-refractivity contribution >= 4 is 11.6 Å². The molecule has 0 aliphatic heterocycles. The Balaban J connectivity index is 1.71. The van der Waals surface area contributed by atoms with E-state index in [1.54, 1.807) is 0 Å². The lowest BCUT2D eigenvalue weighted by molar-refractivity contribution is -0.147. The van der Waals surface area contributed by atoms with Gasteiger partial charge in [-0.1, -0.05) is 25.5 Å². The van der Waals surface area contributed by atoms with Crippen molar-refractivity contribution in [3.8, 4) is 0 Å². The van der Waals surface area contributed by atoms with Crippen molar-refractivity contribution in [3.05, 3.63) is 11.6 Å². The number of Topliss-reactive ketones (excluding diaryl/α,β-unsaturated/α-hetero) is 2. The highest BCUT2D eigenvalue weighted by molar-refractivity contribution is 5.88. The van der Waals surface area contributed by atoms with Gasteiger partial charge in [-0.25, -0.2) is 0 Å². The van der Waals surface area contributed by atoms with Crippen LogP contribution in [0.4, 0.5) is 0 Å². The number of allylic oxidation sites excluding steroid dienone is 1. The van der Waals surface area contributed by atoms with Crippen molar-refractivity contribution in [2.45, 2.75) is 64.9 Å². The Morgan fingerprint density at radius 1 is 1.28 bits per heavy atom. The van der Waals surface area contributed by atoms with Gasteiger partial charge in [-0.3, -0.25) is 9.59 Å². The quantitative estimate of drug-likeness (QED) is 0.754. The van der Waals surface area contributed by atoms with Gasteiger partial charge in [0.15, 0.2) is 5.78 Å². The van der Waals surface area contributed by atoms with Crippen LogP contribution in [-0.4, -0.2) is 34.5 Å². The summed E-state index contributed by atoms with van der Waals surface area (Å²) in [5.74, 6) is 0.796. The van der Waals surface area contributed by atoms with Crippen LogP contribution in [0.15, 0.2) is 11.6 Å². The molecule has 3 fully saturated rings. The lowest BCUT2D eigenvalue weighted by Crippen LogP contribution is -2.55. The van der Waals surface area contributed by atoms with Crippen molar-refractivity contribution in [3.63, 3.8) is 0 Å². The molecule has 0 aromatic rings. The van der Waals surface area contributed by atoms with Crippen LogP contribution < -0.4 is 0 Å². The van der Waals surface area contributed by atoms with E-state index in [-0.39, 0.29) is 34.6 Å². The number of carbonyl (C=O) groups excluding carboxylic acids is 2. The van der Waals surface area contributed by atoms with Gasteiger partial charge in [0, 0.05) is 18.3 Å². The molecule has 0 aromatic carbocycles. The molecule has 4 heteroatoms. The van der Waals surface area contributed by atoms with Crippen molar-refractivity contribution in [1.82, 2.24) is 0 Å². The Labute approximate surface area is 149 Å². The van der Waals surface area contributed by atoms with Gasteiger partial charge in [-0.05, 0) is 61.2 Å². The second-order valence-corrected chi connectivity index (χ2v) is 9.43. The summed E-state index contributed by atoms with van der Waals surface area (Å²) in [6, 6.07) is 0. The molecule has 138 valence electrons. The first kappa shape index (κ1) is 17.4. The van der Waals surface area contributed by atoms with Gasteiger partial charge in [-0.2, -0.15) is 0 Å². The number of hydrogen-bond acceptors (Lipinski definition) is 4. The highest BCUT2D eigenvalue weighted by Gasteiger charge is 2.62. The van der Waals surface area contributed by atoms with Gasteiger partial charge in [0.1, 0.15) is 12.4 Å². The van der Waals surface area contributed by atoms with Crippen LogP contribution in [0.25, 0.3) is 0 Å². The van der Waals surface area contributed by atoms with Crippen LogP contribution in [0.5, 0.6) is 0 Å². The zero-order chi connectivity index (χ0) is 18.0. The fraction of sp³-hybridized carbons (Fsp3) is 0.810. The Hall–Kier alpha value is -1.00. The molecule has 0 heterocycles. The maximum Gasteiger partial charge on any atom is 0.161 e. The second-order valence-electron chi connectivity index (χ2n) is 9.43. The van der Waals surface area contributed by atoms with E-state index in [4.69, 9.17) is 0 Å². The molecule has 7 atom stereocenters. The molecule has 0 saturated heterocycles. The molecular weight excluding hydrogens is 316 g/mol. The van der Waals surface area contributed by atoms with E-state index in [1.165, 1.54) is 5.57 Å². The molecule has 0 spiro atoms. The Kier molecular flexibility index (Phi) is 4.01. The fourth-order valence-electron chi connectivity index (χ4n) is 7.11. The number of hydrogen-bond donors (Lipinski definition) is 2. The average molecular weight is 346 g/mol. The molecule has 4 aliphatic carbocycles. The van der Waals surface area contributed by atoms with E-state index in [2.05, 4.69) is 19.9 Å². The molecule has 0 radical (unpaired) electrons. The third-order valence-corrected chi connectivity index (χ3v) is 8.31. The van der Waals surface area contributed by atoms with Crippen LogP contribution in [0.3, 0.4) is 0 Å². The molecule has 0 unspecified atom stereocenters. The van der Waals surface area contributed by atoms with E-state index in [0.717, 1.165) is 32.1 Å². The summed E-state index contributed by atoms with van der Waals surface area (Å²) in [4.78, 5) is 25.6. The maximum atomic E-state index is 13.3. The van der Waals surface area contributed by atoms with Gasteiger partial charge in [0.25, 0.3) is 0 Å². The largest absolute Gasteiger partial charge is 0.393 e. The summed E-state index contributed by atoms with van der Waals surface area (Å²) in [6.07, 6.45) is 7.57. The maximum absolute atomic E-state index is 13.3. The molecule has 0 aromatic heterocycles. The van der Waals surface area contributed by atoms with E-state index < -0.39 is 6.61 Å². The molecule has 4 rings (SSSR count). The smallest absolute Gasteiger partial charge is 0.161 e. The Morgan fingerprint density at radius 3 is 2.76 bits per heavy atom. The van der Waals surface area contributed by atoms with E-state index in [0.29, 0.717) is 30.5 Å². The molecule has 0 bridgehead atoms. The van der Waals surface area contributed by atoms with Gasteiger partial charge in [0.2, 0.25) is 0 Å². The van der Waals surface area contributed by atoms with Crippen LogP contribution >= 0.6 is 0 Å². The van der Waals surface area contributed by atoms with Crippen LogP contribution in [0, 0.1) is 34.5 Å².